The first-order chi connectivity index (χ1) is 15.7. The van der Waals surface area contributed by atoms with Crippen LogP contribution in [0.3, 0.4) is 0 Å². The van der Waals surface area contributed by atoms with Crippen LogP contribution < -0.4 is 5.32 Å². The van der Waals surface area contributed by atoms with E-state index in [-0.39, 0.29) is 11.5 Å². The van der Waals surface area contributed by atoms with E-state index in [1.165, 1.54) is 56.2 Å². The summed E-state index contributed by atoms with van der Waals surface area (Å²) in [6, 6.07) is 14.5. The predicted molar refractivity (Wildman–Crippen MR) is 129 cm³/mol. The van der Waals surface area contributed by atoms with Crippen molar-refractivity contribution < 1.29 is 9.18 Å². The fourth-order valence-electron chi connectivity index (χ4n) is 4.14. The molecule has 32 heavy (non-hydrogen) atoms. The van der Waals surface area contributed by atoms with E-state index in [1.807, 2.05) is 6.07 Å². The van der Waals surface area contributed by atoms with Gasteiger partial charge in [-0.15, -0.1) is 0 Å². The van der Waals surface area contributed by atoms with E-state index in [9.17, 15) is 9.18 Å². The lowest BCUT2D eigenvalue weighted by Gasteiger charge is -2.10. The summed E-state index contributed by atoms with van der Waals surface area (Å²) in [5, 5.41) is 2.82. The lowest BCUT2D eigenvalue weighted by atomic mass is 10.1. The summed E-state index contributed by atoms with van der Waals surface area (Å²) in [7, 11) is 0. The molecule has 0 unspecified atom stereocenters. The van der Waals surface area contributed by atoms with Crippen LogP contribution in [0.15, 0.2) is 48.5 Å². The van der Waals surface area contributed by atoms with E-state index in [4.69, 9.17) is 4.98 Å². The Morgan fingerprint density at radius 2 is 1.62 bits per heavy atom. The summed E-state index contributed by atoms with van der Waals surface area (Å²) >= 11 is 0. The quantitative estimate of drug-likeness (QED) is 0.286. The molecule has 0 aliphatic rings. The number of aryl methyl sites for hydroxylation is 2. The first kappa shape index (κ1) is 24.0. The van der Waals surface area contributed by atoms with Gasteiger partial charge >= 0.3 is 0 Å². The zero-order chi connectivity index (χ0) is 22.6. The number of fused-ring (bicyclic) bond motifs is 1. The van der Waals surface area contributed by atoms with Crippen LogP contribution in [0.1, 0.15) is 80.9 Å². The molecule has 0 fully saturated rings. The summed E-state index contributed by atoms with van der Waals surface area (Å²) in [6.07, 6.45) is 11.6. The molecule has 3 aromatic rings. The van der Waals surface area contributed by atoms with Gasteiger partial charge in [-0.3, -0.25) is 4.79 Å². The van der Waals surface area contributed by atoms with E-state index < -0.39 is 5.82 Å². The molecule has 0 atom stereocenters. The molecule has 0 radical (unpaired) electrons. The number of unbranched alkanes of at least 4 members (excludes halogenated alkanes) is 7. The van der Waals surface area contributed by atoms with Crippen molar-refractivity contribution >= 4 is 16.9 Å². The van der Waals surface area contributed by atoms with Crippen LogP contribution in [0.4, 0.5) is 4.39 Å². The Morgan fingerprint density at radius 3 is 2.47 bits per heavy atom. The van der Waals surface area contributed by atoms with Crippen molar-refractivity contribution in [1.29, 1.82) is 0 Å². The zero-order valence-corrected chi connectivity index (χ0v) is 19.3. The van der Waals surface area contributed by atoms with E-state index >= 15 is 0 Å². The minimum atomic E-state index is -0.478. The Kier molecular flexibility index (Phi) is 9.73. The molecule has 0 spiro atoms. The molecule has 1 amide bonds. The topological polar surface area (TPSA) is 46.9 Å². The molecule has 0 aliphatic heterocycles. The third-order valence-electron chi connectivity index (χ3n) is 5.95. The van der Waals surface area contributed by atoms with Crippen molar-refractivity contribution in [2.24, 2.45) is 0 Å². The first-order valence-corrected chi connectivity index (χ1v) is 12.2. The monoisotopic (exact) mass is 437 g/mol. The number of carbonyl (C=O) groups is 1. The van der Waals surface area contributed by atoms with Gasteiger partial charge in [-0.2, -0.15) is 0 Å². The second-order valence-corrected chi connectivity index (χ2v) is 8.48. The molecule has 1 heterocycles. The largest absolute Gasteiger partial charge is 0.352 e. The average Bonchev–Trinajstić information content (AvgIpc) is 3.16. The summed E-state index contributed by atoms with van der Waals surface area (Å²) in [5.41, 5.74) is 2.41. The number of carbonyl (C=O) groups excluding carboxylic acids is 1. The maximum absolute atomic E-state index is 13.7. The van der Waals surface area contributed by atoms with Crippen LogP contribution in [0, 0.1) is 5.82 Å². The van der Waals surface area contributed by atoms with Crippen molar-refractivity contribution in [2.45, 2.75) is 77.7 Å². The van der Waals surface area contributed by atoms with Crippen molar-refractivity contribution in [1.82, 2.24) is 14.9 Å². The highest BCUT2D eigenvalue weighted by Crippen LogP contribution is 2.19. The Hall–Kier alpha value is -2.69. The number of benzene rings is 2. The molecule has 0 aliphatic carbocycles. The van der Waals surface area contributed by atoms with E-state index in [1.54, 1.807) is 12.1 Å². The van der Waals surface area contributed by atoms with Gasteiger partial charge in [0, 0.05) is 19.5 Å². The molecule has 3 rings (SSSR count). The van der Waals surface area contributed by atoms with Crippen molar-refractivity contribution in [3.63, 3.8) is 0 Å². The van der Waals surface area contributed by atoms with Gasteiger partial charge in [-0.25, -0.2) is 9.37 Å². The highest BCUT2D eigenvalue weighted by Gasteiger charge is 2.11. The van der Waals surface area contributed by atoms with Crippen LogP contribution in [-0.2, 0) is 13.0 Å². The smallest absolute Gasteiger partial charge is 0.254 e. The molecular formula is C27H36FN3O. The second kappa shape index (κ2) is 13.0. The molecule has 172 valence electrons. The number of imidazole rings is 1. The molecule has 4 nitrogen and oxygen atoms in total. The van der Waals surface area contributed by atoms with Crippen LogP contribution in [0.5, 0.6) is 0 Å². The minimum Gasteiger partial charge on any atom is -0.352 e. The maximum Gasteiger partial charge on any atom is 0.254 e. The van der Waals surface area contributed by atoms with E-state index in [2.05, 4.69) is 35.0 Å². The molecule has 0 saturated heterocycles. The Morgan fingerprint density at radius 1 is 0.906 bits per heavy atom. The average molecular weight is 438 g/mol. The SMILES string of the molecule is CCCCCCCCn1c(CCCCCNC(=O)c2ccccc2F)nc2ccccc21. The number of nitrogens with zero attached hydrogens (tertiary/aromatic N) is 2. The predicted octanol–water partition coefficient (Wildman–Crippen LogP) is 6.68. The fourth-order valence-corrected chi connectivity index (χ4v) is 4.14. The third-order valence-corrected chi connectivity index (χ3v) is 5.95. The highest BCUT2D eigenvalue weighted by molar-refractivity contribution is 5.94. The van der Waals surface area contributed by atoms with Gasteiger partial charge < -0.3 is 9.88 Å². The van der Waals surface area contributed by atoms with Crippen LogP contribution in [0.25, 0.3) is 11.0 Å². The molecule has 5 heteroatoms. The standard InChI is InChI=1S/C27H36FN3O/c1-2-3-4-5-6-14-21-31-25-18-12-11-17-24(25)30-26(31)19-8-7-13-20-29-27(32)22-15-9-10-16-23(22)28/h9-12,15-18H,2-8,13-14,19-21H2,1H3,(H,29,32). The number of para-hydroxylation sites is 2. The highest BCUT2D eigenvalue weighted by atomic mass is 19.1. The number of rotatable bonds is 14. The number of hydrogen-bond acceptors (Lipinski definition) is 2. The Balaban J connectivity index is 1.44. The third kappa shape index (κ3) is 6.91. The van der Waals surface area contributed by atoms with Gasteiger partial charge in [-0.1, -0.05) is 69.7 Å². The van der Waals surface area contributed by atoms with Gasteiger partial charge in [0.05, 0.1) is 16.6 Å². The molecule has 2 aromatic carbocycles. The lowest BCUT2D eigenvalue weighted by molar-refractivity contribution is 0.0949. The second-order valence-electron chi connectivity index (χ2n) is 8.48. The van der Waals surface area contributed by atoms with Gasteiger partial charge in [0.1, 0.15) is 11.6 Å². The normalized spacial score (nSPS) is 11.2. The van der Waals surface area contributed by atoms with Crippen LogP contribution in [0.2, 0.25) is 0 Å². The zero-order valence-electron chi connectivity index (χ0n) is 19.3. The minimum absolute atomic E-state index is 0.107. The molecule has 1 aromatic heterocycles. The lowest BCUT2D eigenvalue weighted by Crippen LogP contribution is -2.25. The number of aromatic nitrogens is 2. The fraction of sp³-hybridized carbons (Fsp3) is 0.481. The van der Waals surface area contributed by atoms with Crippen molar-refractivity contribution in [3.05, 3.63) is 65.7 Å². The van der Waals surface area contributed by atoms with Crippen molar-refractivity contribution in [2.75, 3.05) is 6.54 Å². The van der Waals surface area contributed by atoms with Crippen LogP contribution >= 0.6 is 0 Å². The summed E-state index contributed by atoms with van der Waals surface area (Å²) in [4.78, 5) is 17.0. The summed E-state index contributed by atoms with van der Waals surface area (Å²) < 4.78 is 16.1. The summed E-state index contributed by atoms with van der Waals surface area (Å²) in [6.45, 7) is 3.84. The Labute approximate surface area is 191 Å². The number of hydrogen-bond donors (Lipinski definition) is 1. The summed E-state index contributed by atoms with van der Waals surface area (Å²) in [5.74, 6) is 0.341. The van der Waals surface area contributed by atoms with Crippen molar-refractivity contribution in [3.8, 4) is 0 Å². The van der Waals surface area contributed by atoms with Crippen LogP contribution in [-0.4, -0.2) is 22.0 Å². The maximum atomic E-state index is 13.7. The molecule has 0 saturated carbocycles. The number of halogens is 1. The molecule has 1 N–H and O–H groups in total. The van der Waals surface area contributed by atoms with Gasteiger partial charge in [0.15, 0.2) is 0 Å². The van der Waals surface area contributed by atoms with Gasteiger partial charge in [0.25, 0.3) is 5.91 Å². The number of amides is 1. The van der Waals surface area contributed by atoms with Gasteiger partial charge in [-0.05, 0) is 43.5 Å². The van der Waals surface area contributed by atoms with E-state index in [0.717, 1.165) is 43.6 Å². The molecular weight excluding hydrogens is 401 g/mol. The Bertz CT molecular complexity index is 982. The van der Waals surface area contributed by atoms with E-state index in [0.29, 0.717) is 6.54 Å². The molecule has 0 bridgehead atoms. The first-order valence-electron chi connectivity index (χ1n) is 12.2. The van der Waals surface area contributed by atoms with Gasteiger partial charge in [0.2, 0.25) is 0 Å². The number of nitrogens with one attached hydrogen (secondary N) is 1.